The molecule has 5 nitrogen and oxygen atoms in total. The molecule has 0 bridgehead atoms. The molecule has 2 rings (SSSR count). The molecule has 0 aliphatic carbocycles. The first-order chi connectivity index (χ1) is 11.1. The summed E-state index contributed by atoms with van der Waals surface area (Å²) in [6, 6.07) is 9.25. The van der Waals surface area contributed by atoms with Crippen LogP contribution < -0.4 is 10.6 Å². The van der Waals surface area contributed by atoms with Crippen LogP contribution in [0.3, 0.4) is 0 Å². The van der Waals surface area contributed by atoms with Gasteiger partial charge in [-0.3, -0.25) is 9.59 Å². The van der Waals surface area contributed by atoms with Gasteiger partial charge in [0.15, 0.2) is 0 Å². The van der Waals surface area contributed by atoms with Gasteiger partial charge in [0.2, 0.25) is 11.8 Å². The summed E-state index contributed by atoms with van der Waals surface area (Å²) < 4.78 is 0. The molecule has 1 aromatic carbocycles. The van der Waals surface area contributed by atoms with E-state index in [2.05, 4.69) is 10.6 Å². The molecule has 6 heteroatoms. The molecule has 2 atom stereocenters. The minimum atomic E-state index is -0.530. The average Bonchev–Trinajstić information content (AvgIpc) is 2.56. The summed E-state index contributed by atoms with van der Waals surface area (Å²) in [6.45, 7) is 6.14. The van der Waals surface area contributed by atoms with E-state index in [-0.39, 0.29) is 30.3 Å². The van der Waals surface area contributed by atoms with Gasteiger partial charge in [-0.05, 0) is 31.9 Å². The van der Waals surface area contributed by atoms with Crippen LogP contribution in [0.15, 0.2) is 30.3 Å². The lowest BCUT2D eigenvalue weighted by Crippen LogP contribution is -2.48. The fraction of sp³-hybridized carbons (Fsp3) is 0.556. The van der Waals surface area contributed by atoms with Crippen molar-refractivity contribution in [2.75, 3.05) is 19.6 Å². The maximum atomic E-state index is 12.8. The Morgan fingerprint density at radius 2 is 1.96 bits per heavy atom. The smallest absolute Gasteiger partial charge is 0.247 e. The molecule has 134 valence electrons. The summed E-state index contributed by atoms with van der Waals surface area (Å²) in [5.74, 6) is -0.0313. The van der Waals surface area contributed by atoms with Gasteiger partial charge < -0.3 is 15.5 Å². The number of likely N-dealkylation sites (tertiary alicyclic amines) is 1. The maximum absolute atomic E-state index is 12.8. The molecule has 0 saturated carbocycles. The molecular weight excluding hydrogens is 326 g/mol. The summed E-state index contributed by atoms with van der Waals surface area (Å²) in [5.41, 5.74) is 0.872. The predicted octanol–water partition coefficient (Wildman–Crippen LogP) is 2.28. The first-order valence-corrected chi connectivity index (χ1v) is 8.49. The highest BCUT2D eigenvalue weighted by Gasteiger charge is 2.32. The molecule has 0 aromatic heterocycles. The van der Waals surface area contributed by atoms with Crippen LogP contribution in [0.25, 0.3) is 0 Å². The van der Waals surface area contributed by atoms with Gasteiger partial charge in [0.25, 0.3) is 0 Å². The summed E-state index contributed by atoms with van der Waals surface area (Å²) in [5, 5.41) is 6.26. The van der Waals surface area contributed by atoms with Crippen molar-refractivity contribution < 1.29 is 9.59 Å². The lowest BCUT2D eigenvalue weighted by atomic mass is 10.0. The highest BCUT2D eigenvalue weighted by atomic mass is 35.5. The second kappa shape index (κ2) is 10.3. The van der Waals surface area contributed by atoms with Gasteiger partial charge in [-0.15, -0.1) is 12.4 Å². The Kier molecular flexibility index (Phi) is 8.79. The second-order valence-electron chi connectivity index (χ2n) is 6.06. The van der Waals surface area contributed by atoms with Gasteiger partial charge in [0.05, 0.1) is 0 Å². The monoisotopic (exact) mass is 353 g/mol. The summed E-state index contributed by atoms with van der Waals surface area (Å²) in [7, 11) is 0. The molecule has 24 heavy (non-hydrogen) atoms. The number of halogens is 1. The van der Waals surface area contributed by atoms with Crippen LogP contribution in [-0.4, -0.2) is 42.4 Å². The number of hydrogen-bond donors (Lipinski definition) is 2. The van der Waals surface area contributed by atoms with Crippen LogP contribution >= 0.6 is 12.4 Å². The molecule has 1 aliphatic heterocycles. The quantitative estimate of drug-likeness (QED) is 0.790. The third-order valence-corrected chi connectivity index (χ3v) is 4.17. The number of nitrogens with zero attached hydrogens (tertiary/aromatic N) is 1. The molecule has 1 aromatic rings. The van der Waals surface area contributed by atoms with Crippen molar-refractivity contribution in [3.05, 3.63) is 35.9 Å². The Hall–Kier alpha value is -1.59. The van der Waals surface area contributed by atoms with E-state index in [1.807, 2.05) is 44.2 Å². The Labute approximate surface area is 150 Å². The van der Waals surface area contributed by atoms with Crippen LogP contribution in [-0.2, 0) is 9.59 Å². The minimum Gasteiger partial charge on any atom is -0.352 e. The number of piperidine rings is 1. The van der Waals surface area contributed by atoms with E-state index in [4.69, 9.17) is 0 Å². The van der Waals surface area contributed by atoms with E-state index >= 15 is 0 Å². The predicted molar refractivity (Wildman–Crippen MR) is 98.1 cm³/mol. The molecule has 0 radical (unpaired) electrons. The molecule has 1 aliphatic rings. The molecule has 1 saturated heterocycles. The van der Waals surface area contributed by atoms with Crippen molar-refractivity contribution in [2.45, 2.75) is 45.2 Å². The number of hydrogen-bond acceptors (Lipinski definition) is 3. The fourth-order valence-corrected chi connectivity index (χ4v) is 2.98. The van der Waals surface area contributed by atoms with Gasteiger partial charge in [-0.2, -0.15) is 0 Å². The summed E-state index contributed by atoms with van der Waals surface area (Å²) >= 11 is 0. The molecular formula is C18H28ClN3O2. The van der Waals surface area contributed by atoms with E-state index in [1.165, 1.54) is 0 Å². The number of amides is 2. The normalized spacial score (nSPS) is 16.9. The topological polar surface area (TPSA) is 61.4 Å². The van der Waals surface area contributed by atoms with Crippen molar-refractivity contribution in [1.82, 2.24) is 15.5 Å². The van der Waals surface area contributed by atoms with E-state index in [1.54, 1.807) is 4.90 Å². The third-order valence-electron chi connectivity index (χ3n) is 4.17. The molecule has 1 unspecified atom stereocenters. The number of rotatable bonds is 7. The standard InChI is InChI=1S/C18H27N3O2.ClH/c1-3-19-14(2)13-20-18(23)17(15-9-5-4-6-10-15)21-12-8-7-11-16(21)22;/h4-6,9-10,14,17,19H,3,7-8,11-13H2,1-2H3,(H,20,23);1H/t14-,17?;/m1./s1. The second-order valence-corrected chi connectivity index (χ2v) is 6.06. The molecule has 0 spiro atoms. The van der Waals surface area contributed by atoms with Crippen LogP contribution in [0.4, 0.5) is 0 Å². The molecule has 2 N–H and O–H groups in total. The van der Waals surface area contributed by atoms with Crippen molar-refractivity contribution >= 4 is 24.2 Å². The average molecular weight is 354 g/mol. The maximum Gasteiger partial charge on any atom is 0.247 e. The number of carbonyl (C=O) groups excluding carboxylic acids is 2. The van der Waals surface area contributed by atoms with Gasteiger partial charge in [-0.1, -0.05) is 37.3 Å². The number of carbonyl (C=O) groups is 2. The first-order valence-electron chi connectivity index (χ1n) is 8.49. The number of benzene rings is 1. The Morgan fingerprint density at radius 3 is 2.58 bits per heavy atom. The molecule has 1 heterocycles. The number of likely N-dealkylation sites (N-methyl/N-ethyl adjacent to an activating group) is 1. The van der Waals surface area contributed by atoms with Crippen molar-refractivity contribution in [3.63, 3.8) is 0 Å². The van der Waals surface area contributed by atoms with Gasteiger partial charge in [0, 0.05) is 25.6 Å². The lowest BCUT2D eigenvalue weighted by Gasteiger charge is -2.34. The Bertz CT molecular complexity index is 524. The van der Waals surface area contributed by atoms with Crippen molar-refractivity contribution in [3.8, 4) is 0 Å². The summed E-state index contributed by atoms with van der Waals surface area (Å²) in [4.78, 5) is 26.8. The fourth-order valence-electron chi connectivity index (χ4n) is 2.98. The third kappa shape index (κ3) is 5.49. The van der Waals surface area contributed by atoms with E-state index in [9.17, 15) is 9.59 Å². The number of nitrogens with one attached hydrogen (secondary N) is 2. The SMILES string of the molecule is CCN[C@H](C)CNC(=O)C(c1ccccc1)N1CCCCC1=O.Cl. The Balaban J connectivity index is 0.00000288. The van der Waals surface area contributed by atoms with E-state index < -0.39 is 6.04 Å². The van der Waals surface area contributed by atoms with Gasteiger partial charge >= 0.3 is 0 Å². The van der Waals surface area contributed by atoms with Crippen LogP contribution in [0.5, 0.6) is 0 Å². The zero-order valence-corrected chi connectivity index (χ0v) is 15.3. The largest absolute Gasteiger partial charge is 0.352 e. The highest BCUT2D eigenvalue weighted by molar-refractivity contribution is 5.89. The van der Waals surface area contributed by atoms with E-state index in [0.29, 0.717) is 19.5 Å². The summed E-state index contributed by atoms with van der Waals surface area (Å²) in [6.07, 6.45) is 2.40. The highest BCUT2D eigenvalue weighted by Crippen LogP contribution is 2.25. The first kappa shape index (κ1) is 20.5. The molecule has 1 fully saturated rings. The van der Waals surface area contributed by atoms with Crippen LogP contribution in [0.1, 0.15) is 44.7 Å². The molecule has 2 amide bonds. The van der Waals surface area contributed by atoms with Crippen molar-refractivity contribution in [1.29, 1.82) is 0 Å². The van der Waals surface area contributed by atoms with Gasteiger partial charge in [-0.25, -0.2) is 0 Å². The Morgan fingerprint density at radius 1 is 1.25 bits per heavy atom. The van der Waals surface area contributed by atoms with Gasteiger partial charge in [0.1, 0.15) is 6.04 Å². The zero-order chi connectivity index (χ0) is 16.7. The van der Waals surface area contributed by atoms with Crippen LogP contribution in [0.2, 0.25) is 0 Å². The van der Waals surface area contributed by atoms with Crippen LogP contribution in [0, 0.1) is 0 Å². The lowest BCUT2D eigenvalue weighted by molar-refractivity contribution is -0.142. The van der Waals surface area contributed by atoms with Crippen molar-refractivity contribution in [2.24, 2.45) is 0 Å². The minimum absolute atomic E-state index is 0. The zero-order valence-electron chi connectivity index (χ0n) is 14.5. The van der Waals surface area contributed by atoms with E-state index in [0.717, 1.165) is 24.9 Å².